The normalized spacial score (nSPS) is 17.4. The van der Waals surface area contributed by atoms with Gasteiger partial charge in [0.05, 0.1) is 0 Å². The maximum Gasteiger partial charge on any atom is 0.235 e. The Bertz CT molecular complexity index is 733. The van der Waals surface area contributed by atoms with Crippen LogP contribution in [0.3, 0.4) is 0 Å². The molecule has 3 nitrogen and oxygen atoms in total. The summed E-state index contributed by atoms with van der Waals surface area (Å²) in [6, 6.07) is 10.6. The quantitative estimate of drug-likeness (QED) is 0.101. The lowest BCUT2D eigenvalue weighted by Crippen LogP contribution is -2.40. The van der Waals surface area contributed by atoms with E-state index in [9.17, 15) is 9.59 Å². The summed E-state index contributed by atoms with van der Waals surface area (Å²) < 4.78 is 0. The van der Waals surface area contributed by atoms with Crippen LogP contribution in [0, 0.1) is 17.8 Å². The molecule has 0 fully saturated rings. The fourth-order valence-electron chi connectivity index (χ4n) is 5.29. The summed E-state index contributed by atoms with van der Waals surface area (Å²) in [5.74, 6) is 0.0802. The standard InChI is InChI=1S/C31H48BrNO2/c1-2-3-4-5-6-7-8-9-10-11-15-18-28(30-29(34)23-24-33-31(30)35)22-21-27(25-32)20-19-26-16-13-12-14-17-26/h12-14,16-17,23-24,27-28,30H,2-11,15,18-22,25H2,1H3,(H,33,35). The lowest BCUT2D eigenvalue weighted by molar-refractivity contribution is -0.134. The van der Waals surface area contributed by atoms with Gasteiger partial charge in [0.15, 0.2) is 5.78 Å². The van der Waals surface area contributed by atoms with Crippen molar-refractivity contribution in [3.63, 3.8) is 0 Å². The van der Waals surface area contributed by atoms with Gasteiger partial charge >= 0.3 is 0 Å². The predicted octanol–water partition coefficient (Wildman–Crippen LogP) is 8.56. The number of hydrogen-bond acceptors (Lipinski definition) is 2. The summed E-state index contributed by atoms with van der Waals surface area (Å²) in [6.07, 6.45) is 22.7. The topological polar surface area (TPSA) is 46.2 Å². The molecule has 1 N–H and O–H groups in total. The van der Waals surface area contributed by atoms with Gasteiger partial charge in [-0.3, -0.25) is 9.59 Å². The van der Waals surface area contributed by atoms with Crippen LogP contribution < -0.4 is 5.32 Å². The number of ketones is 1. The van der Waals surface area contributed by atoms with Crippen molar-refractivity contribution in [3.8, 4) is 0 Å². The Morgan fingerprint density at radius 1 is 0.800 bits per heavy atom. The van der Waals surface area contributed by atoms with Crippen molar-refractivity contribution in [2.24, 2.45) is 17.8 Å². The molecule has 1 aromatic rings. The number of halogens is 1. The average molecular weight is 547 g/mol. The SMILES string of the molecule is CCCCCCCCCCCCCC(CCC(CBr)CCc1ccccc1)C1C(=O)C=CNC1=O. The van der Waals surface area contributed by atoms with Gasteiger partial charge in [-0.15, -0.1) is 0 Å². The van der Waals surface area contributed by atoms with E-state index in [-0.39, 0.29) is 17.6 Å². The zero-order chi connectivity index (χ0) is 25.1. The molecule has 1 amide bonds. The van der Waals surface area contributed by atoms with Crippen LogP contribution >= 0.6 is 15.9 Å². The van der Waals surface area contributed by atoms with E-state index in [0.29, 0.717) is 5.92 Å². The average Bonchev–Trinajstić information content (AvgIpc) is 2.87. The van der Waals surface area contributed by atoms with E-state index in [0.717, 1.165) is 43.9 Å². The van der Waals surface area contributed by atoms with E-state index < -0.39 is 5.92 Å². The fraction of sp³-hybridized carbons (Fsp3) is 0.677. The van der Waals surface area contributed by atoms with Gasteiger partial charge in [-0.1, -0.05) is 124 Å². The number of hydrogen-bond donors (Lipinski definition) is 1. The van der Waals surface area contributed by atoms with Gasteiger partial charge in [-0.25, -0.2) is 0 Å². The Kier molecular flexibility index (Phi) is 16.0. The molecular weight excluding hydrogens is 498 g/mol. The second-order valence-corrected chi connectivity index (χ2v) is 11.1. The van der Waals surface area contributed by atoms with Crippen LogP contribution in [0.5, 0.6) is 0 Å². The minimum absolute atomic E-state index is 0.0125. The number of unbranched alkanes of at least 4 members (excludes halogenated alkanes) is 10. The number of rotatable bonds is 20. The molecule has 3 unspecified atom stereocenters. The van der Waals surface area contributed by atoms with Gasteiger partial charge in [0.1, 0.15) is 5.92 Å². The third-order valence-electron chi connectivity index (χ3n) is 7.56. The summed E-state index contributed by atoms with van der Waals surface area (Å²) in [6.45, 7) is 2.27. The van der Waals surface area contributed by atoms with Crippen LogP contribution in [0.1, 0.15) is 109 Å². The van der Waals surface area contributed by atoms with Gasteiger partial charge in [0, 0.05) is 11.5 Å². The molecule has 2 rings (SSSR count). The summed E-state index contributed by atoms with van der Waals surface area (Å²) >= 11 is 3.71. The van der Waals surface area contributed by atoms with Gasteiger partial charge < -0.3 is 5.32 Å². The maximum atomic E-state index is 12.6. The molecule has 3 atom stereocenters. The van der Waals surface area contributed by atoms with Crippen molar-refractivity contribution in [1.82, 2.24) is 5.32 Å². The molecule has 0 saturated carbocycles. The van der Waals surface area contributed by atoms with Crippen LogP contribution in [0.25, 0.3) is 0 Å². The first-order valence-electron chi connectivity index (χ1n) is 14.3. The molecule has 0 bridgehead atoms. The summed E-state index contributed by atoms with van der Waals surface area (Å²) in [7, 11) is 0. The molecular formula is C31H48BrNO2. The van der Waals surface area contributed by atoms with Crippen molar-refractivity contribution in [1.29, 1.82) is 0 Å². The number of carbonyl (C=O) groups is 2. The van der Waals surface area contributed by atoms with Crippen LogP contribution in [-0.4, -0.2) is 17.0 Å². The Morgan fingerprint density at radius 3 is 2.03 bits per heavy atom. The van der Waals surface area contributed by atoms with E-state index in [1.54, 1.807) is 6.08 Å². The van der Waals surface area contributed by atoms with E-state index in [1.807, 2.05) is 0 Å². The molecule has 0 aromatic heterocycles. The Labute approximate surface area is 223 Å². The van der Waals surface area contributed by atoms with Crippen LogP contribution in [0.4, 0.5) is 0 Å². The van der Waals surface area contributed by atoms with E-state index in [1.165, 1.54) is 76.0 Å². The second kappa shape index (κ2) is 18.8. The highest BCUT2D eigenvalue weighted by Crippen LogP contribution is 2.30. The van der Waals surface area contributed by atoms with Crippen molar-refractivity contribution in [3.05, 3.63) is 48.2 Å². The molecule has 1 aromatic carbocycles. The van der Waals surface area contributed by atoms with Crippen LogP contribution in [-0.2, 0) is 16.0 Å². The molecule has 0 aliphatic carbocycles. The van der Waals surface area contributed by atoms with Gasteiger partial charge in [-0.2, -0.15) is 0 Å². The monoisotopic (exact) mass is 545 g/mol. The van der Waals surface area contributed by atoms with Crippen molar-refractivity contribution in [2.45, 2.75) is 110 Å². The largest absolute Gasteiger partial charge is 0.332 e. The Hall–Kier alpha value is -1.42. The van der Waals surface area contributed by atoms with E-state index in [4.69, 9.17) is 0 Å². The summed E-state index contributed by atoms with van der Waals surface area (Å²) in [5, 5.41) is 3.75. The molecule has 1 heterocycles. The minimum Gasteiger partial charge on any atom is -0.332 e. The molecule has 0 saturated heterocycles. The number of aryl methyl sites for hydroxylation is 1. The first kappa shape index (κ1) is 29.8. The zero-order valence-electron chi connectivity index (χ0n) is 22.0. The number of nitrogens with one attached hydrogen (secondary N) is 1. The minimum atomic E-state index is -0.506. The fourth-order valence-corrected chi connectivity index (χ4v) is 5.93. The molecule has 0 radical (unpaired) electrons. The molecule has 35 heavy (non-hydrogen) atoms. The van der Waals surface area contributed by atoms with Crippen LogP contribution in [0.15, 0.2) is 42.6 Å². The van der Waals surface area contributed by atoms with Crippen LogP contribution in [0.2, 0.25) is 0 Å². The first-order valence-corrected chi connectivity index (χ1v) is 15.4. The van der Waals surface area contributed by atoms with Gasteiger partial charge in [-0.05, 0) is 55.6 Å². The van der Waals surface area contributed by atoms with E-state index >= 15 is 0 Å². The smallest absolute Gasteiger partial charge is 0.235 e. The number of carbonyl (C=O) groups excluding carboxylic acids is 2. The Morgan fingerprint density at radius 2 is 1.43 bits per heavy atom. The molecule has 1 aliphatic heterocycles. The number of benzene rings is 1. The third kappa shape index (κ3) is 12.4. The predicted molar refractivity (Wildman–Crippen MR) is 152 cm³/mol. The Balaban J connectivity index is 1.75. The highest BCUT2D eigenvalue weighted by molar-refractivity contribution is 9.09. The number of allylic oxidation sites excluding steroid dienone is 1. The molecule has 196 valence electrons. The van der Waals surface area contributed by atoms with Crippen molar-refractivity contribution < 1.29 is 9.59 Å². The lowest BCUT2D eigenvalue weighted by atomic mass is 9.78. The second-order valence-electron chi connectivity index (χ2n) is 10.4. The lowest BCUT2D eigenvalue weighted by Gasteiger charge is -2.27. The first-order chi connectivity index (χ1) is 17.2. The van der Waals surface area contributed by atoms with E-state index in [2.05, 4.69) is 58.5 Å². The highest BCUT2D eigenvalue weighted by Gasteiger charge is 2.34. The highest BCUT2D eigenvalue weighted by atomic mass is 79.9. The van der Waals surface area contributed by atoms with Crippen molar-refractivity contribution >= 4 is 27.6 Å². The maximum absolute atomic E-state index is 12.6. The van der Waals surface area contributed by atoms with Gasteiger partial charge in [0.25, 0.3) is 0 Å². The summed E-state index contributed by atoms with van der Waals surface area (Å²) in [5.41, 5.74) is 1.38. The van der Waals surface area contributed by atoms with Gasteiger partial charge in [0.2, 0.25) is 5.91 Å². The number of amides is 1. The zero-order valence-corrected chi connectivity index (χ0v) is 23.6. The third-order valence-corrected chi connectivity index (χ3v) is 8.48. The summed E-state index contributed by atoms with van der Waals surface area (Å²) in [4.78, 5) is 25.2. The number of alkyl halides is 1. The molecule has 1 aliphatic rings. The molecule has 4 heteroatoms. The molecule has 0 spiro atoms. The van der Waals surface area contributed by atoms with Crippen molar-refractivity contribution in [2.75, 3.05) is 5.33 Å².